The number of nitrogens with one attached hydrogen (secondary N) is 2. The maximum atomic E-state index is 13.7. The predicted molar refractivity (Wildman–Crippen MR) is 79.3 cm³/mol. The molecule has 2 N–H and O–H groups in total. The van der Waals surface area contributed by atoms with Crippen LogP contribution in [0.15, 0.2) is 18.2 Å². The average Bonchev–Trinajstić information content (AvgIpc) is 2.47. The van der Waals surface area contributed by atoms with Gasteiger partial charge in [-0.3, -0.25) is 4.79 Å². The van der Waals surface area contributed by atoms with Crippen LogP contribution in [0.2, 0.25) is 0 Å². The zero-order valence-electron chi connectivity index (χ0n) is 11.9. The van der Waals surface area contributed by atoms with Crippen molar-refractivity contribution in [1.82, 2.24) is 10.6 Å². The molecule has 1 atom stereocenters. The molecule has 1 fully saturated rings. The quantitative estimate of drug-likeness (QED) is 0.858. The first-order chi connectivity index (χ1) is 9.69. The van der Waals surface area contributed by atoms with E-state index < -0.39 is 0 Å². The van der Waals surface area contributed by atoms with Gasteiger partial charge in [-0.25, -0.2) is 4.39 Å². The van der Waals surface area contributed by atoms with Gasteiger partial charge in [0.1, 0.15) is 11.6 Å². The number of carbonyl (C=O) groups is 1. The van der Waals surface area contributed by atoms with Gasteiger partial charge in [-0.15, -0.1) is 12.4 Å². The van der Waals surface area contributed by atoms with Gasteiger partial charge in [-0.2, -0.15) is 0 Å². The van der Waals surface area contributed by atoms with Crippen molar-refractivity contribution in [3.63, 3.8) is 0 Å². The number of methoxy groups -OCH3 is 1. The highest BCUT2D eigenvalue weighted by Gasteiger charge is 2.16. The minimum atomic E-state index is -0.385. The lowest BCUT2D eigenvalue weighted by Crippen LogP contribution is -2.44. The third-order valence-electron chi connectivity index (χ3n) is 3.17. The van der Waals surface area contributed by atoms with Crippen molar-refractivity contribution in [2.75, 3.05) is 26.9 Å². The van der Waals surface area contributed by atoms with Crippen LogP contribution in [-0.2, 0) is 16.1 Å². The Labute approximate surface area is 129 Å². The summed E-state index contributed by atoms with van der Waals surface area (Å²) < 4.78 is 23.9. The molecule has 1 aliphatic heterocycles. The summed E-state index contributed by atoms with van der Waals surface area (Å²) in [4.78, 5) is 11.8. The fourth-order valence-corrected chi connectivity index (χ4v) is 2.04. The summed E-state index contributed by atoms with van der Waals surface area (Å²) in [5, 5.41) is 5.91. The van der Waals surface area contributed by atoms with E-state index in [9.17, 15) is 9.18 Å². The maximum absolute atomic E-state index is 13.7. The fourth-order valence-electron chi connectivity index (χ4n) is 2.04. The second kappa shape index (κ2) is 8.81. The van der Waals surface area contributed by atoms with Crippen LogP contribution in [0.3, 0.4) is 0 Å². The molecule has 0 aromatic heterocycles. The number of carbonyl (C=O) groups excluding carboxylic acids is 1. The summed E-state index contributed by atoms with van der Waals surface area (Å²) in [6, 6.07) is 4.61. The Morgan fingerprint density at radius 3 is 3.00 bits per heavy atom. The third kappa shape index (κ3) is 5.49. The molecule has 1 saturated heterocycles. The van der Waals surface area contributed by atoms with Gasteiger partial charge in [0, 0.05) is 37.2 Å². The molecule has 1 heterocycles. The normalized spacial score (nSPS) is 17.7. The van der Waals surface area contributed by atoms with Crippen molar-refractivity contribution < 1.29 is 18.7 Å². The van der Waals surface area contributed by atoms with Crippen LogP contribution >= 0.6 is 12.4 Å². The van der Waals surface area contributed by atoms with E-state index in [1.807, 2.05) is 0 Å². The second-order valence-corrected chi connectivity index (χ2v) is 4.66. The predicted octanol–water partition coefficient (Wildman–Crippen LogP) is 1.25. The summed E-state index contributed by atoms with van der Waals surface area (Å²) in [7, 11) is 1.48. The molecule has 118 valence electrons. The van der Waals surface area contributed by atoms with Gasteiger partial charge >= 0.3 is 0 Å². The SMILES string of the molecule is COc1ccc(CNC(=O)CC2COCCN2)c(F)c1.Cl. The Balaban J connectivity index is 0.00000220. The summed E-state index contributed by atoms with van der Waals surface area (Å²) in [6.45, 7) is 2.13. The summed E-state index contributed by atoms with van der Waals surface area (Å²) in [6.07, 6.45) is 0.331. The molecule has 0 radical (unpaired) electrons. The van der Waals surface area contributed by atoms with Gasteiger partial charge in [-0.05, 0) is 6.07 Å². The first-order valence-electron chi connectivity index (χ1n) is 6.59. The van der Waals surface area contributed by atoms with E-state index in [4.69, 9.17) is 9.47 Å². The number of halogens is 2. The smallest absolute Gasteiger partial charge is 0.221 e. The van der Waals surface area contributed by atoms with Crippen LogP contribution in [0.5, 0.6) is 5.75 Å². The molecule has 0 aliphatic carbocycles. The van der Waals surface area contributed by atoms with Gasteiger partial charge in [0.05, 0.1) is 20.3 Å². The highest BCUT2D eigenvalue weighted by atomic mass is 35.5. The van der Waals surface area contributed by atoms with Gasteiger partial charge in [0.2, 0.25) is 5.91 Å². The van der Waals surface area contributed by atoms with Gasteiger partial charge < -0.3 is 20.1 Å². The summed E-state index contributed by atoms with van der Waals surface area (Å²) in [5.74, 6) is -0.0480. The molecule has 0 spiro atoms. The Morgan fingerprint density at radius 2 is 2.38 bits per heavy atom. The third-order valence-corrected chi connectivity index (χ3v) is 3.17. The van der Waals surface area contributed by atoms with Crippen LogP contribution < -0.4 is 15.4 Å². The molecule has 1 unspecified atom stereocenters. The van der Waals surface area contributed by atoms with Crippen molar-refractivity contribution >= 4 is 18.3 Å². The van der Waals surface area contributed by atoms with E-state index in [2.05, 4.69) is 10.6 Å². The van der Waals surface area contributed by atoms with Gasteiger partial charge in [0.25, 0.3) is 0 Å². The molecule has 1 amide bonds. The van der Waals surface area contributed by atoms with Gasteiger partial charge in [0.15, 0.2) is 0 Å². The minimum absolute atomic E-state index is 0. The van der Waals surface area contributed by atoms with Crippen LogP contribution in [0.4, 0.5) is 4.39 Å². The number of amides is 1. The molecule has 1 aromatic rings. The zero-order valence-corrected chi connectivity index (χ0v) is 12.7. The van der Waals surface area contributed by atoms with E-state index in [0.717, 1.165) is 6.54 Å². The lowest BCUT2D eigenvalue weighted by Gasteiger charge is -2.23. The lowest BCUT2D eigenvalue weighted by molar-refractivity contribution is -0.122. The van der Waals surface area contributed by atoms with Crippen LogP contribution in [0.25, 0.3) is 0 Å². The number of rotatable bonds is 5. The molecular weight excluding hydrogens is 299 g/mol. The number of hydrogen-bond acceptors (Lipinski definition) is 4. The van der Waals surface area contributed by atoms with Crippen LogP contribution in [0, 0.1) is 5.82 Å². The van der Waals surface area contributed by atoms with E-state index in [-0.39, 0.29) is 36.7 Å². The highest BCUT2D eigenvalue weighted by Crippen LogP contribution is 2.16. The Morgan fingerprint density at radius 1 is 1.57 bits per heavy atom. The number of morpholine rings is 1. The molecule has 5 nitrogen and oxygen atoms in total. The molecule has 7 heteroatoms. The standard InChI is InChI=1S/C14H19FN2O3.ClH/c1-19-12-3-2-10(13(15)7-12)8-17-14(18)6-11-9-20-5-4-16-11;/h2-3,7,11,16H,4-6,8-9H2,1H3,(H,17,18);1H. The first-order valence-corrected chi connectivity index (χ1v) is 6.59. The van der Waals surface area contributed by atoms with Gasteiger partial charge in [-0.1, -0.05) is 6.07 Å². The molecular formula is C14H20ClFN2O3. The maximum Gasteiger partial charge on any atom is 0.221 e. The largest absolute Gasteiger partial charge is 0.497 e. The fraction of sp³-hybridized carbons (Fsp3) is 0.500. The Hall–Kier alpha value is -1.37. The van der Waals surface area contributed by atoms with Crippen molar-refractivity contribution in [3.05, 3.63) is 29.6 Å². The molecule has 0 saturated carbocycles. The van der Waals surface area contributed by atoms with Crippen molar-refractivity contribution in [2.45, 2.75) is 19.0 Å². The van der Waals surface area contributed by atoms with Crippen LogP contribution in [0.1, 0.15) is 12.0 Å². The van der Waals surface area contributed by atoms with Crippen LogP contribution in [-0.4, -0.2) is 38.8 Å². The first kappa shape index (κ1) is 17.7. The molecule has 1 aromatic carbocycles. The van der Waals surface area contributed by atoms with E-state index in [0.29, 0.717) is 30.9 Å². The minimum Gasteiger partial charge on any atom is -0.497 e. The zero-order chi connectivity index (χ0) is 14.4. The van der Waals surface area contributed by atoms with Crippen molar-refractivity contribution in [1.29, 1.82) is 0 Å². The highest BCUT2D eigenvalue weighted by molar-refractivity contribution is 5.85. The Bertz CT molecular complexity index is 468. The lowest BCUT2D eigenvalue weighted by atomic mass is 10.1. The number of ether oxygens (including phenoxy) is 2. The monoisotopic (exact) mass is 318 g/mol. The average molecular weight is 319 g/mol. The summed E-state index contributed by atoms with van der Waals surface area (Å²) in [5.41, 5.74) is 0.437. The molecule has 0 bridgehead atoms. The van der Waals surface area contributed by atoms with E-state index >= 15 is 0 Å². The second-order valence-electron chi connectivity index (χ2n) is 4.66. The van der Waals surface area contributed by atoms with Crippen molar-refractivity contribution in [2.24, 2.45) is 0 Å². The van der Waals surface area contributed by atoms with Crippen molar-refractivity contribution in [3.8, 4) is 5.75 Å². The summed E-state index contributed by atoms with van der Waals surface area (Å²) >= 11 is 0. The number of benzene rings is 1. The van der Waals surface area contributed by atoms with E-state index in [1.54, 1.807) is 12.1 Å². The molecule has 21 heavy (non-hydrogen) atoms. The van der Waals surface area contributed by atoms with E-state index in [1.165, 1.54) is 13.2 Å². The topological polar surface area (TPSA) is 59.6 Å². The Kier molecular flexibility index (Phi) is 7.42. The number of hydrogen-bond donors (Lipinski definition) is 2. The molecule has 1 aliphatic rings. The molecule has 2 rings (SSSR count).